The van der Waals surface area contributed by atoms with Crippen LogP contribution in [0.25, 0.3) is 0 Å². The molecule has 0 aromatic heterocycles. The van der Waals surface area contributed by atoms with Crippen molar-refractivity contribution in [2.75, 3.05) is 0 Å². The molecule has 66 valence electrons. The quantitative estimate of drug-likeness (QED) is 0.415. The van der Waals surface area contributed by atoms with Crippen LogP contribution in [0.15, 0.2) is 36.5 Å². The van der Waals surface area contributed by atoms with E-state index in [2.05, 4.69) is 24.3 Å². The van der Waals surface area contributed by atoms with Gasteiger partial charge in [-0.05, 0) is 0 Å². The molecule has 0 heterocycles. The van der Waals surface area contributed by atoms with E-state index in [0.29, 0.717) is 0 Å². The van der Waals surface area contributed by atoms with Crippen LogP contribution in [0, 0.1) is 12.2 Å². The Morgan fingerprint density at radius 1 is 0.833 bits per heavy atom. The summed E-state index contributed by atoms with van der Waals surface area (Å²) in [6.45, 7) is 0. The van der Waals surface area contributed by atoms with Gasteiger partial charge in [-0.2, -0.15) is 12.2 Å². The average molecular weight is 269 g/mol. The van der Waals surface area contributed by atoms with Gasteiger partial charge in [-0.3, -0.25) is 12.2 Å². The maximum Gasteiger partial charge on any atom is 3.00 e. The summed E-state index contributed by atoms with van der Waals surface area (Å²) in [7, 11) is 0. The van der Waals surface area contributed by atoms with Crippen LogP contribution >= 0.6 is 0 Å². The van der Waals surface area contributed by atoms with Gasteiger partial charge in [0.05, 0.1) is 0 Å². The molecule has 2 aliphatic rings. The largest absolute Gasteiger partial charge is 3.00 e. The molecule has 0 spiro atoms. The van der Waals surface area contributed by atoms with Gasteiger partial charge in [-0.1, -0.05) is 0 Å². The van der Waals surface area contributed by atoms with Crippen LogP contribution in [0.4, 0.5) is 0 Å². The Labute approximate surface area is 93.3 Å². The number of halogens is 1. The number of hydrogen-bond acceptors (Lipinski definition) is 0. The van der Waals surface area contributed by atoms with E-state index in [0.717, 1.165) is 12.8 Å². The van der Waals surface area contributed by atoms with E-state index < -0.39 is 0 Å². The van der Waals surface area contributed by atoms with Gasteiger partial charge in [0.1, 0.15) is 0 Å². The monoisotopic (exact) mass is 268 g/mol. The fraction of sp³-hybridized carbons (Fsp3) is 0.200. The second-order valence-corrected chi connectivity index (χ2v) is 2.01. The summed E-state index contributed by atoms with van der Waals surface area (Å²) in [5.41, 5.74) is 0. The van der Waals surface area contributed by atoms with Gasteiger partial charge in [0.25, 0.3) is 0 Å². The molecule has 0 aliphatic heterocycles. The summed E-state index contributed by atoms with van der Waals surface area (Å²) in [5.74, 6) is 0. The fourth-order valence-corrected chi connectivity index (χ4v) is 0.680. The normalized spacial score (nSPS) is 14.7. The molecule has 0 aromatic carbocycles. The second-order valence-electron chi connectivity index (χ2n) is 2.01. The van der Waals surface area contributed by atoms with Gasteiger partial charge >= 0.3 is 19.5 Å². The molecule has 2 rings (SSSR count). The van der Waals surface area contributed by atoms with Crippen molar-refractivity contribution in [3.63, 3.8) is 0 Å². The Morgan fingerprint density at radius 3 is 1.33 bits per heavy atom. The predicted octanol–water partition coefficient (Wildman–Crippen LogP) is -0.387. The molecule has 0 N–H and O–H groups in total. The van der Waals surface area contributed by atoms with Crippen molar-refractivity contribution >= 4 is 0 Å². The second kappa shape index (κ2) is 10.9. The summed E-state index contributed by atoms with van der Waals surface area (Å²) in [5, 5.41) is 0. The molecular weight excluding hydrogens is 258 g/mol. The Hall–Kier alpha value is -0.127. The zero-order valence-corrected chi connectivity index (χ0v) is 8.98. The average Bonchev–Trinajstić information content (AvgIpc) is 2.67. The third-order valence-corrected chi connectivity index (χ3v) is 1.17. The summed E-state index contributed by atoms with van der Waals surface area (Å²) in [6, 6.07) is 0. The van der Waals surface area contributed by atoms with Gasteiger partial charge in [0.2, 0.25) is 0 Å². The molecule has 2 aliphatic carbocycles. The summed E-state index contributed by atoms with van der Waals surface area (Å²) < 4.78 is 0. The van der Waals surface area contributed by atoms with E-state index in [1.807, 2.05) is 24.3 Å². The molecule has 2 heteroatoms. The van der Waals surface area contributed by atoms with Crippen LogP contribution < -0.4 is 12.4 Å². The van der Waals surface area contributed by atoms with E-state index in [1.54, 1.807) is 0 Å². The van der Waals surface area contributed by atoms with Crippen molar-refractivity contribution in [2.24, 2.45) is 0 Å². The summed E-state index contributed by atoms with van der Waals surface area (Å²) >= 11 is 0. The van der Waals surface area contributed by atoms with Crippen molar-refractivity contribution in [2.45, 2.75) is 12.8 Å². The molecule has 0 nitrogen and oxygen atoms in total. The summed E-state index contributed by atoms with van der Waals surface area (Å²) in [4.78, 5) is 0. The standard InChI is InChI=1S/2C5H5.ClH.Rh/c2*1-2-4-5-3-1;;/h2*1-3H,4H2;1H;/q2*-1;;+3/p-1. The predicted molar refractivity (Wildman–Crippen MR) is 43.1 cm³/mol. The van der Waals surface area contributed by atoms with Crippen LogP contribution in [0.5, 0.6) is 0 Å². The molecule has 0 fully saturated rings. The Kier molecular flexibility index (Phi) is 13.0. The molecule has 12 heavy (non-hydrogen) atoms. The minimum Gasteiger partial charge on any atom is -1.00 e. The van der Waals surface area contributed by atoms with Crippen molar-refractivity contribution in [3.05, 3.63) is 48.6 Å². The van der Waals surface area contributed by atoms with Crippen LogP contribution in [0.3, 0.4) is 0 Å². The van der Waals surface area contributed by atoms with Crippen LogP contribution in [0.2, 0.25) is 0 Å². The first-order valence-corrected chi connectivity index (χ1v) is 3.43. The van der Waals surface area contributed by atoms with E-state index in [9.17, 15) is 0 Å². The van der Waals surface area contributed by atoms with Crippen molar-refractivity contribution in [3.8, 4) is 0 Å². The molecule has 0 amide bonds. The number of allylic oxidation sites excluding steroid dienone is 8. The van der Waals surface area contributed by atoms with Gasteiger partial charge in [0, 0.05) is 0 Å². The first-order valence-electron chi connectivity index (χ1n) is 3.43. The Morgan fingerprint density at radius 2 is 1.25 bits per heavy atom. The Balaban J connectivity index is 0. The van der Waals surface area contributed by atoms with Gasteiger partial charge in [-0.25, -0.2) is 24.3 Å². The van der Waals surface area contributed by atoms with Gasteiger partial charge < -0.3 is 12.4 Å². The van der Waals surface area contributed by atoms with E-state index in [1.165, 1.54) is 0 Å². The fourth-order valence-electron chi connectivity index (χ4n) is 0.680. The molecular formula is C10H10ClRh. The van der Waals surface area contributed by atoms with Crippen molar-refractivity contribution in [1.82, 2.24) is 0 Å². The minimum absolute atomic E-state index is 0. The topological polar surface area (TPSA) is 0 Å². The third kappa shape index (κ3) is 7.97. The molecule has 0 aromatic rings. The van der Waals surface area contributed by atoms with E-state index in [-0.39, 0.29) is 31.9 Å². The SMILES string of the molecule is [C-]1=CC=CC1.[C-]1=CC=CC1.[Cl-].[Rh+3]. The number of hydrogen-bond donors (Lipinski definition) is 0. The molecule has 0 unspecified atom stereocenters. The third-order valence-electron chi connectivity index (χ3n) is 1.17. The molecule has 0 radical (unpaired) electrons. The van der Waals surface area contributed by atoms with Crippen LogP contribution in [-0.2, 0) is 19.5 Å². The summed E-state index contributed by atoms with van der Waals surface area (Å²) in [6.07, 6.45) is 20.0. The van der Waals surface area contributed by atoms with E-state index in [4.69, 9.17) is 0 Å². The first kappa shape index (κ1) is 14.4. The van der Waals surface area contributed by atoms with Gasteiger partial charge in [0.15, 0.2) is 0 Å². The zero-order chi connectivity index (χ0) is 7.07. The Bertz CT molecular complexity index is 148. The van der Waals surface area contributed by atoms with Gasteiger partial charge in [-0.15, -0.1) is 12.8 Å². The smallest absolute Gasteiger partial charge is 1.00 e. The van der Waals surface area contributed by atoms with Crippen molar-refractivity contribution < 1.29 is 31.9 Å². The first-order chi connectivity index (χ1) is 5.00. The van der Waals surface area contributed by atoms with Crippen molar-refractivity contribution in [1.29, 1.82) is 0 Å². The molecule has 0 saturated carbocycles. The van der Waals surface area contributed by atoms with Crippen LogP contribution in [0.1, 0.15) is 12.8 Å². The number of rotatable bonds is 0. The maximum atomic E-state index is 2.99. The van der Waals surface area contributed by atoms with E-state index >= 15 is 0 Å². The van der Waals surface area contributed by atoms with Crippen LogP contribution in [-0.4, -0.2) is 0 Å². The molecule has 0 saturated heterocycles. The molecule has 0 bridgehead atoms. The minimum atomic E-state index is 0. The molecule has 0 atom stereocenters. The zero-order valence-electron chi connectivity index (χ0n) is 6.59. The maximum absolute atomic E-state index is 2.99.